The normalized spacial score (nSPS) is 15.2. The van der Waals surface area contributed by atoms with Crippen LogP contribution in [-0.2, 0) is 4.79 Å². The molecule has 6 heteroatoms. The molecule has 1 saturated carbocycles. The Morgan fingerprint density at radius 2 is 1.88 bits per heavy atom. The molecular weight excluding hydrogens is 434 g/mol. The molecule has 1 aliphatic carbocycles. The second-order valence-corrected chi connectivity index (χ2v) is 9.59. The summed E-state index contributed by atoms with van der Waals surface area (Å²) in [6.07, 6.45) is 6.00. The van der Waals surface area contributed by atoms with Crippen molar-refractivity contribution in [2.24, 2.45) is 5.92 Å². The van der Waals surface area contributed by atoms with E-state index in [0.29, 0.717) is 28.3 Å². The van der Waals surface area contributed by atoms with Crippen LogP contribution < -0.4 is 5.56 Å². The maximum Gasteiger partial charge on any atom is 0.266 e. The number of unbranched alkanes of at least 4 members (excludes halogenated alkanes) is 1. The van der Waals surface area contributed by atoms with Crippen molar-refractivity contribution in [3.63, 3.8) is 0 Å². The highest BCUT2D eigenvalue weighted by Gasteiger charge is 2.32. The van der Waals surface area contributed by atoms with E-state index in [2.05, 4.69) is 6.92 Å². The number of halogens is 1. The monoisotopic (exact) mass is 465 g/mol. The highest BCUT2D eigenvalue weighted by Crippen LogP contribution is 2.31. The summed E-state index contributed by atoms with van der Waals surface area (Å²) in [6, 6.07) is 12.7. The lowest BCUT2D eigenvalue weighted by atomic mass is 10.0. The molecule has 2 aromatic carbocycles. The van der Waals surface area contributed by atoms with E-state index in [1.54, 1.807) is 22.8 Å². The number of aryl methyl sites for hydroxylation is 1. The first-order valence-corrected chi connectivity index (χ1v) is 12.4. The first kappa shape index (κ1) is 23.5. The van der Waals surface area contributed by atoms with Gasteiger partial charge in [0.2, 0.25) is 5.91 Å². The zero-order valence-corrected chi connectivity index (χ0v) is 20.4. The van der Waals surface area contributed by atoms with Gasteiger partial charge in [-0.15, -0.1) is 0 Å². The van der Waals surface area contributed by atoms with Crippen LogP contribution in [0.4, 0.5) is 0 Å². The molecule has 0 radical (unpaired) electrons. The molecule has 4 rings (SSSR count). The summed E-state index contributed by atoms with van der Waals surface area (Å²) in [6.45, 7) is 6.79. The molecule has 1 unspecified atom stereocenters. The van der Waals surface area contributed by atoms with Gasteiger partial charge >= 0.3 is 0 Å². The maximum atomic E-state index is 13.7. The molecular formula is C27H32ClN3O2. The number of carbonyl (C=O) groups is 1. The fourth-order valence-electron chi connectivity index (χ4n) is 4.77. The number of amides is 1. The number of nitrogens with zero attached hydrogens (tertiary/aromatic N) is 3. The van der Waals surface area contributed by atoms with Crippen molar-refractivity contribution >= 4 is 28.4 Å². The van der Waals surface area contributed by atoms with E-state index in [1.165, 1.54) is 0 Å². The average molecular weight is 466 g/mol. The highest BCUT2D eigenvalue weighted by molar-refractivity contribution is 6.31. The first-order valence-electron chi connectivity index (χ1n) is 12.0. The number of aromatic nitrogens is 2. The Morgan fingerprint density at radius 1 is 1.18 bits per heavy atom. The van der Waals surface area contributed by atoms with Crippen molar-refractivity contribution in [1.29, 1.82) is 0 Å². The average Bonchev–Trinajstić information content (AvgIpc) is 3.34. The van der Waals surface area contributed by atoms with E-state index in [9.17, 15) is 9.59 Å². The van der Waals surface area contributed by atoms with Crippen LogP contribution in [0.2, 0.25) is 5.02 Å². The number of fused-ring (bicyclic) bond motifs is 1. The molecule has 1 atom stereocenters. The summed E-state index contributed by atoms with van der Waals surface area (Å²) in [5, 5.41) is 1.05. The van der Waals surface area contributed by atoms with Crippen LogP contribution in [0.3, 0.4) is 0 Å². The van der Waals surface area contributed by atoms with Crippen LogP contribution >= 0.6 is 11.6 Å². The molecule has 1 fully saturated rings. The first-order chi connectivity index (χ1) is 15.9. The Kier molecular flexibility index (Phi) is 7.18. The van der Waals surface area contributed by atoms with Crippen molar-refractivity contribution in [3.05, 3.63) is 69.2 Å². The van der Waals surface area contributed by atoms with Gasteiger partial charge in [0.25, 0.3) is 5.56 Å². The summed E-state index contributed by atoms with van der Waals surface area (Å²) in [5.74, 6) is 0.823. The summed E-state index contributed by atoms with van der Waals surface area (Å²) < 4.78 is 1.67. The molecule has 0 saturated heterocycles. The zero-order chi connectivity index (χ0) is 23.5. The lowest BCUT2D eigenvalue weighted by molar-refractivity contribution is -0.137. The SMILES string of the molecule is CCCCN(C(=O)C1CCCC1)C(C)c1nc2cc(Cl)ccc2c(=O)n1-c1ccc(C)cc1. The Morgan fingerprint density at radius 3 is 2.55 bits per heavy atom. The molecule has 5 nitrogen and oxygen atoms in total. The third-order valence-corrected chi connectivity index (χ3v) is 6.97. The van der Waals surface area contributed by atoms with Gasteiger partial charge in [-0.3, -0.25) is 14.2 Å². The van der Waals surface area contributed by atoms with Gasteiger partial charge in [-0.25, -0.2) is 4.98 Å². The van der Waals surface area contributed by atoms with Gasteiger partial charge in [0.05, 0.1) is 22.6 Å². The molecule has 1 amide bonds. The van der Waals surface area contributed by atoms with E-state index >= 15 is 0 Å². The van der Waals surface area contributed by atoms with Gasteiger partial charge in [0.15, 0.2) is 0 Å². The standard InChI is InChI=1S/C27H32ClN3O2/c1-4-5-16-30(26(32)20-8-6-7-9-20)19(3)25-29-24-17-21(28)12-15-23(24)27(33)31(25)22-13-10-18(2)11-14-22/h10-15,17,19-20H,4-9,16H2,1-3H3. The second-order valence-electron chi connectivity index (χ2n) is 9.15. The number of benzene rings is 2. The minimum Gasteiger partial charge on any atom is -0.333 e. The molecule has 33 heavy (non-hydrogen) atoms. The van der Waals surface area contributed by atoms with Crippen LogP contribution in [-0.4, -0.2) is 26.9 Å². The maximum absolute atomic E-state index is 13.7. The van der Waals surface area contributed by atoms with Crippen molar-refractivity contribution in [2.75, 3.05) is 6.54 Å². The molecule has 1 heterocycles. The molecule has 174 valence electrons. The fraction of sp³-hybridized carbons (Fsp3) is 0.444. The van der Waals surface area contributed by atoms with Crippen LogP contribution in [0.25, 0.3) is 16.6 Å². The van der Waals surface area contributed by atoms with Gasteiger partial charge in [-0.05, 0) is 63.4 Å². The van der Waals surface area contributed by atoms with E-state index < -0.39 is 0 Å². The topological polar surface area (TPSA) is 55.2 Å². The largest absolute Gasteiger partial charge is 0.333 e. The molecule has 0 bridgehead atoms. The van der Waals surface area contributed by atoms with Crippen LogP contribution in [0.15, 0.2) is 47.3 Å². The number of hydrogen-bond donors (Lipinski definition) is 0. The number of rotatable bonds is 7. The van der Waals surface area contributed by atoms with E-state index in [1.807, 2.05) is 43.0 Å². The lowest BCUT2D eigenvalue weighted by Crippen LogP contribution is -2.40. The van der Waals surface area contributed by atoms with E-state index in [0.717, 1.165) is 49.8 Å². The number of carbonyl (C=O) groups excluding carboxylic acids is 1. The highest BCUT2D eigenvalue weighted by atomic mass is 35.5. The summed E-state index contributed by atoms with van der Waals surface area (Å²) in [4.78, 5) is 34.1. The van der Waals surface area contributed by atoms with Crippen LogP contribution in [0.1, 0.15) is 69.8 Å². The quantitative estimate of drug-likeness (QED) is 0.415. The zero-order valence-electron chi connectivity index (χ0n) is 19.7. The van der Waals surface area contributed by atoms with Gasteiger partial charge in [0.1, 0.15) is 5.82 Å². The Balaban J connectivity index is 1.88. The van der Waals surface area contributed by atoms with E-state index in [-0.39, 0.29) is 23.4 Å². The van der Waals surface area contributed by atoms with Gasteiger partial charge in [-0.2, -0.15) is 0 Å². The summed E-state index contributed by atoms with van der Waals surface area (Å²) in [5.41, 5.74) is 2.27. The van der Waals surface area contributed by atoms with E-state index in [4.69, 9.17) is 16.6 Å². The molecule has 1 aromatic heterocycles. The van der Waals surface area contributed by atoms with Gasteiger partial charge in [-0.1, -0.05) is 55.5 Å². The molecule has 1 aliphatic rings. The second kappa shape index (κ2) is 10.1. The van der Waals surface area contributed by atoms with Gasteiger partial charge < -0.3 is 4.90 Å². The van der Waals surface area contributed by atoms with Crippen molar-refractivity contribution in [3.8, 4) is 5.69 Å². The Bertz CT molecular complexity index is 1200. The molecule has 0 spiro atoms. The minimum atomic E-state index is -0.345. The van der Waals surface area contributed by atoms with Crippen molar-refractivity contribution in [1.82, 2.24) is 14.5 Å². The smallest absolute Gasteiger partial charge is 0.266 e. The molecule has 0 N–H and O–H groups in total. The fourth-order valence-corrected chi connectivity index (χ4v) is 4.94. The Labute approximate surface area is 200 Å². The summed E-state index contributed by atoms with van der Waals surface area (Å²) >= 11 is 6.23. The Hall–Kier alpha value is -2.66. The lowest BCUT2D eigenvalue weighted by Gasteiger charge is -2.32. The van der Waals surface area contributed by atoms with Gasteiger partial charge in [0, 0.05) is 17.5 Å². The number of hydrogen-bond acceptors (Lipinski definition) is 3. The third-order valence-electron chi connectivity index (χ3n) is 6.73. The van der Waals surface area contributed by atoms with Crippen LogP contribution in [0, 0.1) is 12.8 Å². The predicted octanol–water partition coefficient (Wildman–Crippen LogP) is 6.23. The van der Waals surface area contributed by atoms with Crippen molar-refractivity contribution < 1.29 is 4.79 Å². The molecule has 0 aliphatic heterocycles. The molecule has 3 aromatic rings. The van der Waals surface area contributed by atoms with Crippen molar-refractivity contribution in [2.45, 2.75) is 65.3 Å². The van der Waals surface area contributed by atoms with Crippen LogP contribution in [0.5, 0.6) is 0 Å². The third kappa shape index (κ3) is 4.84. The minimum absolute atomic E-state index is 0.0683. The summed E-state index contributed by atoms with van der Waals surface area (Å²) in [7, 11) is 0. The predicted molar refractivity (Wildman–Crippen MR) is 134 cm³/mol.